The second-order valence-corrected chi connectivity index (χ2v) is 3.36. The van der Waals surface area contributed by atoms with Crippen molar-refractivity contribution in [2.24, 2.45) is 0 Å². The Kier molecular flexibility index (Phi) is 1.51. The molecule has 1 heterocycles. The van der Waals surface area contributed by atoms with Crippen molar-refractivity contribution in [1.29, 1.82) is 0 Å². The van der Waals surface area contributed by atoms with Crippen LogP contribution in [0, 0.1) is 11.6 Å². The molecule has 1 aromatic carbocycles. The van der Waals surface area contributed by atoms with E-state index in [4.69, 9.17) is 5.11 Å². The Bertz CT molecular complexity index is 436. The van der Waals surface area contributed by atoms with Gasteiger partial charge in [0.05, 0.1) is 5.39 Å². The maximum Gasteiger partial charge on any atom is 0.209 e. The van der Waals surface area contributed by atoms with Crippen LogP contribution in [-0.4, -0.2) is 5.11 Å². The van der Waals surface area contributed by atoms with Crippen LogP contribution in [0.1, 0.15) is 0 Å². The Morgan fingerprint density at radius 3 is 2.67 bits per heavy atom. The first kappa shape index (κ1) is 7.49. The molecule has 0 aliphatic heterocycles. The molecule has 0 atom stereocenters. The van der Waals surface area contributed by atoms with Crippen molar-refractivity contribution in [3.05, 3.63) is 29.8 Å². The first-order valence-electron chi connectivity index (χ1n) is 3.25. The topological polar surface area (TPSA) is 20.2 Å². The normalized spacial score (nSPS) is 10.8. The molecular weight excluding hydrogens is 182 g/mol. The molecule has 2 rings (SSSR count). The average molecular weight is 186 g/mol. The van der Waals surface area contributed by atoms with Gasteiger partial charge in [-0.15, -0.1) is 0 Å². The summed E-state index contributed by atoms with van der Waals surface area (Å²) in [4.78, 5) is 0. The molecule has 0 spiro atoms. The summed E-state index contributed by atoms with van der Waals surface area (Å²) >= 11 is 0.833. The number of hydrogen-bond acceptors (Lipinski definition) is 2. The van der Waals surface area contributed by atoms with E-state index in [2.05, 4.69) is 0 Å². The van der Waals surface area contributed by atoms with Gasteiger partial charge in [0.25, 0.3) is 0 Å². The van der Waals surface area contributed by atoms with Crippen LogP contribution >= 0.6 is 11.3 Å². The largest absolute Gasteiger partial charge is 0.497 e. The smallest absolute Gasteiger partial charge is 0.209 e. The Morgan fingerprint density at radius 1 is 1.25 bits per heavy atom. The van der Waals surface area contributed by atoms with Gasteiger partial charge in [-0.05, 0) is 12.1 Å². The van der Waals surface area contributed by atoms with Crippen LogP contribution in [0.4, 0.5) is 8.78 Å². The highest BCUT2D eigenvalue weighted by Gasteiger charge is 2.13. The number of halogens is 2. The number of thiophene rings is 1. The molecular formula is C8H4F2OS. The van der Waals surface area contributed by atoms with Gasteiger partial charge in [-0.2, -0.15) is 0 Å². The number of aromatic hydroxyl groups is 1. The molecule has 0 radical (unpaired) electrons. The van der Waals surface area contributed by atoms with E-state index in [-0.39, 0.29) is 5.39 Å². The Hall–Kier alpha value is -1.16. The van der Waals surface area contributed by atoms with E-state index in [0.717, 1.165) is 17.4 Å². The summed E-state index contributed by atoms with van der Waals surface area (Å²) in [7, 11) is 0. The van der Waals surface area contributed by atoms with Crippen LogP contribution in [0.2, 0.25) is 0 Å². The van der Waals surface area contributed by atoms with E-state index < -0.39 is 16.7 Å². The maximum atomic E-state index is 12.9. The Labute approximate surface area is 70.9 Å². The van der Waals surface area contributed by atoms with E-state index in [1.165, 1.54) is 6.07 Å². The van der Waals surface area contributed by atoms with Crippen molar-refractivity contribution in [3.63, 3.8) is 0 Å². The molecule has 0 aliphatic carbocycles. The van der Waals surface area contributed by atoms with E-state index in [1.807, 2.05) is 0 Å². The molecule has 1 N–H and O–H groups in total. The van der Waals surface area contributed by atoms with Crippen molar-refractivity contribution in [1.82, 2.24) is 0 Å². The van der Waals surface area contributed by atoms with Gasteiger partial charge in [0.2, 0.25) is 5.06 Å². The van der Waals surface area contributed by atoms with Crippen molar-refractivity contribution in [2.75, 3.05) is 0 Å². The fourth-order valence-corrected chi connectivity index (χ4v) is 1.89. The molecule has 0 bridgehead atoms. The third-order valence-electron chi connectivity index (χ3n) is 1.59. The molecule has 62 valence electrons. The lowest BCUT2D eigenvalue weighted by Gasteiger charge is -1.89. The van der Waals surface area contributed by atoms with E-state index in [0.29, 0.717) is 4.70 Å². The summed E-state index contributed by atoms with van der Waals surface area (Å²) < 4.78 is 26.3. The summed E-state index contributed by atoms with van der Waals surface area (Å²) in [5, 5.41) is 8.36. The van der Waals surface area contributed by atoms with Crippen molar-refractivity contribution in [3.8, 4) is 5.06 Å². The zero-order chi connectivity index (χ0) is 8.72. The Balaban J connectivity index is 2.97. The number of fused-ring (bicyclic) bond motifs is 1. The van der Waals surface area contributed by atoms with Gasteiger partial charge in [0, 0.05) is 4.70 Å². The summed E-state index contributed by atoms with van der Waals surface area (Å²) in [6.07, 6.45) is 0. The second kappa shape index (κ2) is 2.42. The van der Waals surface area contributed by atoms with Crippen molar-refractivity contribution >= 4 is 21.4 Å². The molecule has 1 nitrogen and oxygen atoms in total. The molecule has 2 aromatic rings. The maximum absolute atomic E-state index is 12.9. The van der Waals surface area contributed by atoms with E-state index >= 15 is 0 Å². The number of hydrogen-bond donors (Lipinski definition) is 1. The van der Waals surface area contributed by atoms with Crippen molar-refractivity contribution < 1.29 is 13.9 Å². The van der Waals surface area contributed by atoms with Crippen molar-refractivity contribution in [2.45, 2.75) is 0 Å². The first-order chi connectivity index (χ1) is 5.70. The van der Waals surface area contributed by atoms with Gasteiger partial charge < -0.3 is 5.11 Å². The first-order valence-corrected chi connectivity index (χ1v) is 4.07. The van der Waals surface area contributed by atoms with Crippen LogP contribution in [-0.2, 0) is 0 Å². The molecule has 0 saturated carbocycles. The van der Waals surface area contributed by atoms with Gasteiger partial charge >= 0.3 is 0 Å². The highest BCUT2D eigenvalue weighted by atomic mass is 32.1. The minimum Gasteiger partial charge on any atom is -0.497 e. The third kappa shape index (κ3) is 0.881. The fourth-order valence-electron chi connectivity index (χ4n) is 1.06. The minimum atomic E-state index is -0.867. The zero-order valence-corrected chi connectivity index (χ0v) is 6.66. The molecule has 1 aromatic heterocycles. The molecule has 0 fully saturated rings. The predicted molar refractivity (Wildman–Crippen MR) is 43.4 cm³/mol. The number of benzene rings is 1. The lowest BCUT2D eigenvalue weighted by atomic mass is 10.2. The summed E-state index contributed by atoms with van der Waals surface area (Å²) in [5.41, 5.74) is 0. The minimum absolute atomic E-state index is 0.125. The van der Waals surface area contributed by atoms with E-state index in [1.54, 1.807) is 6.07 Å². The van der Waals surface area contributed by atoms with Crippen LogP contribution in [0.25, 0.3) is 10.1 Å². The SMILES string of the molecule is Oc1sc2cccc(F)c2c1F. The molecule has 0 saturated heterocycles. The lowest BCUT2D eigenvalue weighted by Crippen LogP contribution is -1.76. The lowest BCUT2D eigenvalue weighted by molar-refractivity contribution is 0.450. The van der Waals surface area contributed by atoms with Crippen LogP contribution in [0.15, 0.2) is 18.2 Å². The highest BCUT2D eigenvalue weighted by Crippen LogP contribution is 2.35. The summed E-state index contributed by atoms with van der Waals surface area (Å²) in [5.74, 6) is -1.50. The summed E-state index contributed by atoms with van der Waals surface area (Å²) in [6, 6.07) is 4.20. The van der Waals surface area contributed by atoms with Gasteiger partial charge in [0.15, 0.2) is 5.82 Å². The van der Waals surface area contributed by atoms with Gasteiger partial charge in [-0.1, -0.05) is 17.4 Å². The van der Waals surface area contributed by atoms with Crippen LogP contribution in [0.5, 0.6) is 5.06 Å². The van der Waals surface area contributed by atoms with Crippen LogP contribution in [0.3, 0.4) is 0 Å². The van der Waals surface area contributed by atoms with E-state index in [9.17, 15) is 8.78 Å². The third-order valence-corrected chi connectivity index (χ3v) is 2.52. The Morgan fingerprint density at radius 2 is 2.00 bits per heavy atom. The van der Waals surface area contributed by atoms with Gasteiger partial charge in [-0.25, -0.2) is 8.78 Å². The number of rotatable bonds is 0. The fraction of sp³-hybridized carbons (Fsp3) is 0. The molecule has 0 unspecified atom stereocenters. The van der Waals surface area contributed by atoms with Gasteiger partial charge in [0.1, 0.15) is 5.82 Å². The summed E-state index contributed by atoms with van der Waals surface area (Å²) in [6.45, 7) is 0. The monoisotopic (exact) mass is 186 g/mol. The van der Waals surface area contributed by atoms with Gasteiger partial charge in [-0.3, -0.25) is 0 Å². The zero-order valence-electron chi connectivity index (χ0n) is 5.84. The molecule has 4 heteroatoms. The van der Waals surface area contributed by atoms with Crippen LogP contribution < -0.4 is 0 Å². The standard InChI is InChI=1S/C8H4F2OS/c9-4-2-1-3-5-6(4)7(10)8(11)12-5/h1-3,11H. The second-order valence-electron chi connectivity index (χ2n) is 2.33. The molecule has 0 amide bonds. The average Bonchev–Trinajstić information content (AvgIpc) is 2.29. The molecule has 0 aliphatic rings. The quantitative estimate of drug-likeness (QED) is 0.670. The highest BCUT2D eigenvalue weighted by molar-refractivity contribution is 7.20. The molecule has 12 heavy (non-hydrogen) atoms. The predicted octanol–water partition coefficient (Wildman–Crippen LogP) is 2.89.